The van der Waals surface area contributed by atoms with Crippen LogP contribution >= 0.6 is 0 Å². The van der Waals surface area contributed by atoms with E-state index in [1.165, 1.54) is 12.8 Å². The van der Waals surface area contributed by atoms with Crippen molar-refractivity contribution >= 4 is 17.5 Å². The largest absolute Gasteiger partial charge is 0.351 e. The topological polar surface area (TPSA) is 73.5 Å². The number of piperidine rings is 1. The van der Waals surface area contributed by atoms with Crippen molar-refractivity contribution in [3.63, 3.8) is 0 Å². The van der Waals surface area contributed by atoms with Crippen LogP contribution in [-0.4, -0.2) is 56.0 Å². The minimum Gasteiger partial charge on any atom is -0.351 e. The Labute approximate surface area is 161 Å². The van der Waals surface area contributed by atoms with E-state index in [2.05, 4.69) is 20.9 Å². The van der Waals surface area contributed by atoms with Gasteiger partial charge in [-0.05, 0) is 88.0 Å². The van der Waals surface area contributed by atoms with E-state index in [1.807, 2.05) is 12.1 Å². The van der Waals surface area contributed by atoms with Crippen LogP contribution in [0.1, 0.15) is 42.5 Å². The summed E-state index contributed by atoms with van der Waals surface area (Å²) < 4.78 is 0. The summed E-state index contributed by atoms with van der Waals surface area (Å²) in [6, 6.07) is 7.22. The highest BCUT2D eigenvalue weighted by Gasteiger charge is 2.57. The van der Waals surface area contributed by atoms with Gasteiger partial charge in [-0.2, -0.15) is 0 Å². The lowest BCUT2D eigenvalue weighted by Gasteiger charge is -2.23. The molecule has 3 fully saturated rings. The van der Waals surface area contributed by atoms with E-state index in [9.17, 15) is 9.59 Å². The molecule has 1 aromatic rings. The number of carbonyl (C=O) groups is 2. The summed E-state index contributed by atoms with van der Waals surface area (Å²) in [6.07, 6.45) is 5.74. The van der Waals surface area contributed by atoms with Gasteiger partial charge in [-0.3, -0.25) is 9.59 Å². The van der Waals surface area contributed by atoms with Gasteiger partial charge in [-0.1, -0.05) is 0 Å². The maximum atomic E-state index is 12.5. The zero-order valence-corrected chi connectivity index (χ0v) is 15.9. The average Bonchev–Trinajstić information content (AvgIpc) is 3.12. The maximum Gasteiger partial charge on any atom is 0.251 e. The second-order valence-corrected chi connectivity index (χ2v) is 8.24. The molecule has 2 amide bonds. The third-order valence-electron chi connectivity index (χ3n) is 6.43. The highest BCUT2D eigenvalue weighted by atomic mass is 16.2. The molecule has 0 bridgehead atoms. The summed E-state index contributed by atoms with van der Waals surface area (Å²) in [5.41, 5.74) is 1.64. The third kappa shape index (κ3) is 4.33. The third-order valence-corrected chi connectivity index (χ3v) is 6.43. The van der Waals surface area contributed by atoms with Crippen molar-refractivity contribution in [1.82, 2.24) is 15.5 Å². The van der Waals surface area contributed by atoms with E-state index in [1.54, 1.807) is 12.1 Å². The highest BCUT2D eigenvalue weighted by Crippen LogP contribution is 2.58. The van der Waals surface area contributed by atoms with Gasteiger partial charge in [0.2, 0.25) is 5.91 Å². The van der Waals surface area contributed by atoms with Crippen molar-refractivity contribution in [2.75, 3.05) is 44.6 Å². The Bertz CT molecular complexity index is 676. The summed E-state index contributed by atoms with van der Waals surface area (Å²) in [4.78, 5) is 27.1. The number of anilines is 1. The molecule has 0 aromatic heterocycles. The predicted octanol–water partition coefficient (Wildman–Crippen LogP) is 1.84. The van der Waals surface area contributed by atoms with E-state index in [0.29, 0.717) is 12.1 Å². The molecule has 0 radical (unpaired) electrons. The van der Waals surface area contributed by atoms with E-state index in [0.717, 1.165) is 57.7 Å². The normalized spacial score (nSPS) is 23.9. The molecule has 6 nitrogen and oxygen atoms in total. The van der Waals surface area contributed by atoms with Gasteiger partial charge in [-0.25, -0.2) is 0 Å². The number of rotatable bonds is 6. The number of nitrogens with zero attached hydrogens (tertiary/aromatic N) is 1. The summed E-state index contributed by atoms with van der Waals surface area (Å²) >= 11 is 0. The van der Waals surface area contributed by atoms with Crippen molar-refractivity contribution in [3.05, 3.63) is 29.8 Å². The van der Waals surface area contributed by atoms with Crippen LogP contribution in [0.15, 0.2) is 24.3 Å². The van der Waals surface area contributed by atoms with Crippen LogP contribution in [0, 0.1) is 11.3 Å². The molecule has 146 valence electrons. The van der Waals surface area contributed by atoms with Crippen molar-refractivity contribution in [1.29, 1.82) is 0 Å². The molecule has 2 saturated heterocycles. The molecule has 2 aliphatic heterocycles. The average molecular weight is 370 g/mol. The Morgan fingerprint density at radius 2 is 1.81 bits per heavy atom. The van der Waals surface area contributed by atoms with Gasteiger partial charge in [-0.15, -0.1) is 0 Å². The van der Waals surface area contributed by atoms with Gasteiger partial charge in [0, 0.05) is 30.3 Å². The molecule has 1 aromatic carbocycles. The van der Waals surface area contributed by atoms with Gasteiger partial charge >= 0.3 is 0 Å². The van der Waals surface area contributed by atoms with Crippen LogP contribution in [0.4, 0.5) is 5.69 Å². The summed E-state index contributed by atoms with van der Waals surface area (Å²) in [5.74, 6) is 0.218. The fourth-order valence-corrected chi connectivity index (χ4v) is 4.57. The zero-order valence-electron chi connectivity index (χ0n) is 15.9. The fourth-order valence-electron chi connectivity index (χ4n) is 4.57. The zero-order chi connectivity index (χ0) is 18.7. The lowest BCUT2D eigenvalue weighted by Crippen LogP contribution is -2.33. The standard InChI is InChI=1S/C21H30N4O2/c26-19(23-11-14-25-12-1-2-13-25)16-3-5-17(6-4-16)24-20(27)18-15-21(18)7-9-22-10-8-21/h3-6,18,22H,1-2,7-15H2,(H,23,26)(H,24,27). The molecule has 3 aliphatic rings. The van der Waals surface area contributed by atoms with Crippen molar-refractivity contribution in [2.24, 2.45) is 11.3 Å². The molecule has 3 N–H and O–H groups in total. The van der Waals surface area contributed by atoms with E-state index in [-0.39, 0.29) is 23.1 Å². The monoisotopic (exact) mass is 370 g/mol. The van der Waals surface area contributed by atoms with Crippen molar-refractivity contribution in [3.8, 4) is 0 Å². The van der Waals surface area contributed by atoms with Crippen molar-refractivity contribution < 1.29 is 9.59 Å². The van der Waals surface area contributed by atoms with Gasteiger partial charge in [0.05, 0.1) is 0 Å². The minimum atomic E-state index is -0.0528. The first-order chi connectivity index (χ1) is 13.2. The van der Waals surface area contributed by atoms with E-state index < -0.39 is 0 Å². The van der Waals surface area contributed by atoms with Crippen LogP contribution < -0.4 is 16.0 Å². The molecular formula is C21H30N4O2. The molecule has 2 heterocycles. The predicted molar refractivity (Wildman–Crippen MR) is 106 cm³/mol. The molecule has 1 spiro atoms. The fraction of sp³-hybridized carbons (Fsp3) is 0.619. The Hall–Kier alpha value is -1.92. The van der Waals surface area contributed by atoms with Crippen LogP contribution in [0.2, 0.25) is 0 Å². The second kappa shape index (κ2) is 7.98. The Kier molecular flexibility index (Phi) is 5.45. The van der Waals surface area contributed by atoms with Gasteiger partial charge in [0.15, 0.2) is 0 Å². The first-order valence-electron chi connectivity index (χ1n) is 10.3. The summed E-state index contributed by atoms with van der Waals surface area (Å²) in [7, 11) is 0. The smallest absolute Gasteiger partial charge is 0.251 e. The Balaban J connectivity index is 1.23. The van der Waals surface area contributed by atoms with E-state index in [4.69, 9.17) is 0 Å². The van der Waals surface area contributed by atoms with Gasteiger partial charge < -0.3 is 20.9 Å². The van der Waals surface area contributed by atoms with Crippen molar-refractivity contribution in [2.45, 2.75) is 32.1 Å². The van der Waals surface area contributed by atoms with Crippen LogP contribution in [-0.2, 0) is 4.79 Å². The first kappa shape index (κ1) is 18.4. The molecule has 4 rings (SSSR count). The van der Waals surface area contributed by atoms with Gasteiger partial charge in [0.1, 0.15) is 0 Å². The van der Waals surface area contributed by atoms with Crippen LogP contribution in [0.3, 0.4) is 0 Å². The minimum absolute atomic E-state index is 0.0528. The number of hydrogen-bond donors (Lipinski definition) is 3. The maximum absolute atomic E-state index is 12.5. The lowest BCUT2D eigenvalue weighted by atomic mass is 9.92. The molecule has 6 heteroatoms. The molecular weight excluding hydrogens is 340 g/mol. The van der Waals surface area contributed by atoms with Gasteiger partial charge in [0.25, 0.3) is 5.91 Å². The first-order valence-corrected chi connectivity index (χ1v) is 10.3. The van der Waals surface area contributed by atoms with Crippen LogP contribution in [0.25, 0.3) is 0 Å². The number of hydrogen-bond acceptors (Lipinski definition) is 4. The van der Waals surface area contributed by atoms with E-state index >= 15 is 0 Å². The Morgan fingerprint density at radius 3 is 2.52 bits per heavy atom. The number of amides is 2. The Morgan fingerprint density at radius 1 is 1.11 bits per heavy atom. The molecule has 1 aliphatic carbocycles. The number of carbonyl (C=O) groups excluding carboxylic acids is 2. The second-order valence-electron chi connectivity index (χ2n) is 8.24. The molecule has 1 unspecified atom stereocenters. The molecule has 1 atom stereocenters. The quantitative estimate of drug-likeness (QED) is 0.714. The lowest BCUT2D eigenvalue weighted by molar-refractivity contribution is -0.118. The summed E-state index contributed by atoms with van der Waals surface area (Å²) in [6.45, 7) is 5.91. The molecule has 1 saturated carbocycles. The molecule has 27 heavy (non-hydrogen) atoms. The highest BCUT2D eigenvalue weighted by molar-refractivity contribution is 5.97. The SMILES string of the molecule is O=C(NCCN1CCCC1)c1ccc(NC(=O)C2CC23CCNCC3)cc1. The number of benzene rings is 1. The van der Waals surface area contributed by atoms with Crippen LogP contribution in [0.5, 0.6) is 0 Å². The number of nitrogens with one attached hydrogen (secondary N) is 3. The number of likely N-dealkylation sites (tertiary alicyclic amines) is 1. The summed E-state index contributed by atoms with van der Waals surface area (Å²) in [5, 5.41) is 9.37.